The Bertz CT molecular complexity index is 808. The van der Waals surface area contributed by atoms with Gasteiger partial charge in [-0.25, -0.2) is 0 Å². The molecule has 1 aliphatic heterocycles. The van der Waals surface area contributed by atoms with Crippen LogP contribution in [-0.2, 0) is 4.79 Å². The Morgan fingerprint density at radius 3 is 2.67 bits per heavy atom. The van der Waals surface area contributed by atoms with Crippen molar-refractivity contribution < 1.29 is 9.53 Å². The summed E-state index contributed by atoms with van der Waals surface area (Å²) in [6, 6.07) is 12.1. The summed E-state index contributed by atoms with van der Waals surface area (Å²) in [6.45, 7) is 0.925. The van der Waals surface area contributed by atoms with Gasteiger partial charge in [-0.1, -0.05) is 46.9 Å². The van der Waals surface area contributed by atoms with Crippen LogP contribution in [0.4, 0.5) is 0 Å². The van der Waals surface area contributed by atoms with Crippen molar-refractivity contribution in [3.05, 3.63) is 63.1 Å². The summed E-state index contributed by atoms with van der Waals surface area (Å²) >= 11 is 17.9. The minimum atomic E-state index is -0.197. The zero-order valence-electron chi connectivity index (χ0n) is 12.5. The first kappa shape index (κ1) is 17.1. The van der Waals surface area contributed by atoms with E-state index in [2.05, 4.69) is 4.99 Å². The van der Waals surface area contributed by atoms with Crippen molar-refractivity contribution in [2.75, 3.05) is 19.7 Å². The van der Waals surface area contributed by atoms with Gasteiger partial charge in [-0.05, 0) is 30.3 Å². The van der Waals surface area contributed by atoms with Crippen LogP contribution in [0.3, 0.4) is 0 Å². The summed E-state index contributed by atoms with van der Waals surface area (Å²) in [5.41, 5.74) is 0.804. The third-order valence-corrected chi connectivity index (χ3v) is 4.24. The van der Waals surface area contributed by atoms with Gasteiger partial charge in [0.25, 0.3) is 5.91 Å². The molecule has 0 aromatic heterocycles. The molecule has 1 aliphatic rings. The van der Waals surface area contributed by atoms with Gasteiger partial charge in [-0.3, -0.25) is 14.7 Å². The number of benzene rings is 2. The molecule has 4 nitrogen and oxygen atoms in total. The van der Waals surface area contributed by atoms with Crippen LogP contribution in [0, 0.1) is 0 Å². The normalized spacial score (nSPS) is 13.8. The summed E-state index contributed by atoms with van der Waals surface area (Å²) in [7, 11) is 0. The average molecular weight is 384 g/mol. The van der Waals surface area contributed by atoms with Crippen molar-refractivity contribution in [2.45, 2.75) is 0 Å². The van der Waals surface area contributed by atoms with Gasteiger partial charge < -0.3 is 4.74 Å². The minimum absolute atomic E-state index is 0.138. The summed E-state index contributed by atoms with van der Waals surface area (Å²) in [5, 5.41) is 1.47. The molecule has 0 atom stereocenters. The van der Waals surface area contributed by atoms with Crippen molar-refractivity contribution in [1.82, 2.24) is 4.90 Å². The van der Waals surface area contributed by atoms with Gasteiger partial charge in [0.15, 0.2) is 6.61 Å². The fourth-order valence-electron chi connectivity index (χ4n) is 2.37. The van der Waals surface area contributed by atoms with Gasteiger partial charge in [-0.15, -0.1) is 0 Å². The molecule has 3 rings (SSSR count). The van der Waals surface area contributed by atoms with E-state index >= 15 is 0 Å². The summed E-state index contributed by atoms with van der Waals surface area (Å²) in [6.07, 6.45) is 0. The molecule has 0 aliphatic carbocycles. The van der Waals surface area contributed by atoms with Crippen LogP contribution < -0.4 is 4.74 Å². The van der Waals surface area contributed by atoms with Gasteiger partial charge in [0.05, 0.1) is 11.6 Å². The Kier molecular flexibility index (Phi) is 5.29. The van der Waals surface area contributed by atoms with Gasteiger partial charge in [0, 0.05) is 22.2 Å². The molecule has 0 fully saturated rings. The van der Waals surface area contributed by atoms with E-state index in [4.69, 9.17) is 39.5 Å². The lowest BCUT2D eigenvalue weighted by atomic mass is 10.2. The number of ether oxygens (including phenoxy) is 1. The number of hydrogen-bond acceptors (Lipinski definition) is 3. The predicted octanol–water partition coefficient (Wildman–Crippen LogP) is 4.31. The monoisotopic (exact) mass is 382 g/mol. The highest BCUT2D eigenvalue weighted by Gasteiger charge is 2.25. The van der Waals surface area contributed by atoms with Crippen LogP contribution in [0.25, 0.3) is 0 Å². The molecular weight excluding hydrogens is 371 g/mol. The molecule has 0 unspecified atom stereocenters. The zero-order chi connectivity index (χ0) is 17.1. The summed E-state index contributed by atoms with van der Waals surface area (Å²) < 4.78 is 5.51. The third kappa shape index (κ3) is 3.83. The van der Waals surface area contributed by atoms with Crippen LogP contribution in [-0.4, -0.2) is 36.3 Å². The lowest BCUT2D eigenvalue weighted by Crippen LogP contribution is -2.38. The Morgan fingerprint density at radius 2 is 1.92 bits per heavy atom. The SMILES string of the molecule is O=C(COc1ccc(Cl)cc1Cl)N1CCN=C1c1cccc(Cl)c1. The first-order chi connectivity index (χ1) is 11.5. The average Bonchev–Trinajstić information content (AvgIpc) is 3.03. The van der Waals surface area contributed by atoms with E-state index in [1.807, 2.05) is 12.1 Å². The molecule has 0 saturated carbocycles. The highest BCUT2D eigenvalue weighted by Crippen LogP contribution is 2.27. The van der Waals surface area contributed by atoms with Crippen molar-refractivity contribution in [3.63, 3.8) is 0 Å². The van der Waals surface area contributed by atoms with E-state index in [-0.39, 0.29) is 12.5 Å². The van der Waals surface area contributed by atoms with Gasteiger partial charge >= 0.3 is 0 Å². The molecule has 2 aromatic rings. The Labute approximate surface area is 154 Å². The third-order valence-electron chi connectivity index (χ3n) is 3.47. The number of amidine groups is 1. The van der Waals surface area contributed by atoms with E-state index in [1.165, 1.54) is 0 Å². The predicted molar refractivity (Wildman–Crippen MR) is 96.5 cm³/mol. The molecule has 0 N–H and O–H groups in total. The molecule has 0 spiro atoms. The first-order valence-electron chi connectivity index (χ1n) is 7.23. The Hall–Kier alpha value is -1.75. The molecule has 24 heavy (non-hydrogen) atoms. The van der Waals surface area contributed by atoms with E-state index in [1.54, 1.807) is 35.2 Å². The number of aliphatic imine (C=N–C) groups is 1. The maximum Gasteiger partial charge on any atom is 0.266 e. The second kappa shape index (κ2) is 7.43. The smallest absolute Gasteiger partial charge is 0.266 e. The van der Waals surface area contributed by atoms with Gasteiger partial charge in [0.1, 0.15) is 11.6 Å². The van der Waals surface area contributed by atoms with Crippen molar-refractivity contribution in [3.8, 4) is 5.75 Å². The molecule has 0 bridgehead atoms. The van der Waals surface area contributed by atoms with Gasteiger partial charge in [0.2, 0.25) is 0 Å². The zero-order valence-corrected chi connectivity index (χ0v) is 14.8. The second-order valence-corrected chi connectivity index (χ2v) is 6.40. The largest absolute Gasteiger partial charge is 0.482 e. The molecule has 0 saturated heterocycles. The molecule has 124 valence electrons. The summed E-state index contributed by atoms with van der Waals surface area (Å²) in [4.78, 5) is 18.5. The van der Waals surface area contributed by atoms with Crippen molar-refractivity contribution >= 4 is 46.5 Å². The molecule has 2 aromatic carbocycles. The van der Waals surface area contributed by atoms with E-state index in [0.717, 1.165) is 5.56 Å². The first-order valence-corrected chi connectivity index (χ1v) is 8.36. The number of carbonyl (C=O) groups is 1. The summed E-state index contributed by atoms with van der Waals surface area (Å²) in [5.74, 6) is 0.820. The quantitative estimate of drug-likeness (QED) is 0.789. The Balaban J connectivity index is 1.69. The van der Waals surface area contributed by atoms with Crippen LogP contribution >= 0.6 is 34.8 Å². The van der Waals surface area contributed by atoms with Crippen LogP contribution in [0.15, 0.2) is 47.5 Å². The van der Waals surface area contributed by atoms with Crippen LogP contribution in [0.2, 0.25) is 15.1 Å². The standard InChI is InChI=1S/C17H13Cl3N2O2/c18-12-3-1-2-11(8-12)17-21-6-7-22(17)16(23)10-24-15-5-4-13(19)9-14(15)20/h1-5,8-9H,6-7,10H2. The fourth-order valence-corrected chi connectivity index (χ4v) is 3.03. The van der Waals surface area contributed by atoms with Crippen LogP contribution in [0.1, 0.15) is 5.56 Å². The lowest BCUT2D eigenvalue weighted by Gasteiger charge is -2.19. The topological polar surface area (TPSA) is 41.9 Å². The van der Waals surface area contributed by atoms with Gasteiger partial charge in [-0.2, -0.15) is 0 Å². The highest BCUT2D eigenvalue weighted by molar-refractivity contribution is 6.35. The van der Waals surface area contributed by atoms with Crippen molar-refractivity contribution in [2.24, 2.45) is 4.99 Å². The molecule has 1 heterocycles. The second-order valence-electron chi connectivity index (χ2n) is 5.12. The number of carbonyl (C=O) groups excluding carboxylic acids is 1. The van der Waals surface area contributed by atoms with E-state index < -0.39 is 0 Å². The number of nitrogens with zero attached hydrogens (tertiary/aromatic N) is 2. The Morgan fingerprint density at radius 1 is 1.12 bits per heavy atom. The maximum atomic E-state index is 12.5. The van der Waals surface area contributed by atoms with E-state index in [0.29, 0.717) is 39.7 Å². The number of halogens is 3. The molecular formula is C17H13Cl3N2O2. The number of rotatable bonds is 4. The number of amides is 1. The minimum Gasteiger partial charge on any atom is -0.482 e. The van der Waals surface area contributed by atoms with Crippen molar-refractivity contribution in [1.29, 1.82) is 0 Å². The maximum absolute atomic E-state index is 12.5. The highest BCUT2D eigenvalue weighted by atomic mass is 35.5. The molecule has 0 radical (unpaired) electrons. The number of hydrogen-bond donors (Lipinski definition) is 0. The molecule has 1 amide bonds. The van der Waals surface area contributed by atoms with E-state index in [9.17, 15) is 4.79 Å². The fraction of sp³-hybridized carbons (Fsp3) is 0.176. The van der Waals surface area contributed by atoms with Crippen LogP contribution in [0.5, 0.6) is 5.75 Å². The molecule has 7 heteroatoms. The lowest BCUT2D eigenvalue weighted by molar-refractivity contribution is -0.129.